The zero-order valence-electron chi connectivity index (χ0n) is 10.6. The maximum atomic E-state index is 13.4. The van der Waals surface area contributed by atoms with E-state index in [1.165, 1.54) is 31.7 Å². The first kappa shape index (κ1) is 11.5. The van der Waals surface area contributed by atoms with Crippen molar-refractivity contribution in [3.8, 4) is 0 Å². The molecule has 0 unspecified atom stereocenters. The number of hydrogen-bond donors (Lipinski definition) is 0. The predicted octanol–water partition coefficient (Wildman–Crippen LogP) is 3.85. The Labute approximate surface area is 116 Å². The van der Waals surface area contributed by atoms with Gasteiger partial charge in [0.05, 0.1) is 17.8 Å². The molecule has 1 aromatic rings. The van der Waals surface area contributed by atoms with E-state index in [1.54, 1.807) is 23.9 Å². The molecule has 0 aromatic heterocycles. The van der Waals surface area contributed by atoms with Crippen molar-refractivity contribution in [2.45, 2.75) is 37.8 Å². The van der Waals surface area contributed by atoms with Crippen molar-refractivity contribution in [1.82, 2.24) is 4.90 Å². The molecule has 1 aromatic carbocycles. The fraction of sp³-hybridized carbons (Fsp3) is 0.400. The van der Waals surface area contributed by atoms with Gasteiger partial charge in [-0.2, -0.15) is 0 Å². The van der Waals surface area contributed by atoms with E-state index in [-0.39, 0.29) is 5.82 Å². The fourth-order valence-corrected chi connectivity index (χ4v) is 4.29. The van der Waals surface area contributed by atoms with Crippen LogP contribution in [0.4, 0.5) is 4.39 Å². The third kappa shape index (κ3) is 1.81. The summed E-state index contributed by atoms with van der Waals surface area (Å²) in [5.41, 5.74) is 2.08. The third-order valence-corrected chi connectivity index (χ3v) is 5.02. The zero-order chi connectivity index (χ0) is 12.8. The Morgan fingerprint density at radius 3 is 3.05 bits per heavy atom. The highest BCUT2D eigenvalue weighted by Gasteiger charge is 2.42. The Kier molecular flexibility index (Phi) is 2.65. The molecule has 2 atom stereocenters. The number of benzene rings is 1. The molecule has 0 N–H and O–H groups in total. The number of halogens is 1. The molecule has 4 rings (SSSR count). The largest absolute Gasteiger partial charge is 0.315 e. The Hall–Kier alpha value is -1.29. The lowest BCUT2D eigenvalue weighted by Gasteiger charge is -2.32. The van der Waals surface area contributed by atoms with Crippen LogP contribution in [0, 0.1) is 5.82 Å². The van der Waals surface area contributed by atoms with E-state index in [1.807, 2.05) is 6.07 Å². The molecule has 0 saturated heterocycles. The number of aliphatic imine (C=N–C) groups is 1. The first-order chi connectivity index (χ1) is 9.33. The zero-order valence-corrected chi connectivity index (χ0v) is 11.4. The number of thioether (sulfide) groups is 1. The van der Waals surface area contributed by atoms with Crippen LogP contribution in [-0.2, 0) is 0 Å². The van der Waals surface area contributed by atoms with Gasteiger partial charge in [-0.3, -0.25) is 4.99 Å². The summed E-state index contributed by atoms with van der Waals surface area (Å²) in [6, 6.07) is 7.82. The summed E-state index contributed by atoms with van der Waals surface area (Å²) < 4.78 is 13.4. The van der Waals surface area contributed by atoms with Crippen molar-refractivity contribution >= 4 is 22.6 Å². The van der Waals surface area contributed by atoms with Crippen LogP contribution in [0.5, 0.6) is 0 Å². The molecular weight excluding hydrogens is 259 g/mol. The van der Waals surface area contributed by atoms with Crippen LogP contribution in [-0.4, -0.2) is 22.2 Å². The van der Waals surface area contributed by atoms with E-state index in [0.717, 1.165) is 16.4 Å². The van der Waals surface area contributed by atoms with Crippen molar-refractivity contribution in [3.63, 3.8) is 0 Å². The molecule has 2 aliphatic heterocycles. The van der Waals surface area contributed by atoms with Gasteiger partial charge in [0.1, 0.15) is 5.82 Å². The van der Waals surface area contributed by atoms with Crippen LogP contribution in [0.15, 0.2) is 34.7 Å². The molecule has 0 radical (unpaired) electrons. The normalized spacial score (nSPS) is 28.8. The molecule has 4 heteroatoms. The van der Waals surface area contributed by atoms with E-state index in [2.05, 4.69) is 10.3 Å². The summed E-state index contributed by atoms with van der Waals surface area (Å²) >= 11 is 1.68. The number of hydrogen-bond acceptors (Lipinski definition) is 3. The van der Waals surface area contributed by atoms with Crippen LogP contribution in [0.3, 0.4) is 0 Å². The lowest BCUT2D eigenvalue weighted by Crippen LogP contribution is -2.38. The highest BCUT2D eigenvalue weighted by Crippen LogP contribution is 2.43. The molecule has 98 valence electrons. The van der Waals surface area contributed by atoms with E-state index >= 15 is 0 Å². The van der Waals surface area contributed by atoms with Crippen LogP contribution < -0.4 is 0 Å². The highest BCUT2D eigenvalue weighted by atomic mass is 32.2. The summed E-state index contributed by atoms with van der Waals surface area (Å²) in [5, 5.41) is 3.22. The molecule has 0 bridgehead atoms. The van der Waals surface area contributed by atoms with Gasteiger partial charge in [-0.1, -0.05) is 36.7 Å². The topological polar surface area (TPSA) is 15.6 Å². The van der Waals surface area contributed by atoms with Crippen molar-refractivity contribution in [2.24, 2.45) is 4.99 Å². The predicted molar refractivity (Wildman–Crippen MR) is 77.3 cm³/mol. The van der Waals surface area contributed by atoms with Crippen molar-refractivity contribution in [3.05, 3.63) is 41.1 Å². The smallest absolute Gasteiger partial charge is 0.168 e. The van der Waals surface area contributed by atoms with Crippen LogP contribution in [0.25, 0.3) is 5.70 Å². The SMILES string of the molecule is Fc1cccc(C2=CSC3=N[C@@H]4CCCC[C@@H]4N23)c1. The summed E-state index contributed by atoms with van der Waals surface area (Å²) in [4.78, 5) is 7.17. The van der Waals surface area contributed by atoms with Gasteiger partial charge in [0.15, 0.2) is 5.17 Å². The second-order valence-corrected chi connectivity index (χ2v) is 6.17. The fourth-order valence-electron chi connectivity index (χ4n) is 3.28. The van der Waals surface area contributed by atoms with Crippen molar-refractivity contribution in [1.29, 1.82) is 0 Å². The molecule has 0 amide bonds. The average Bonchev–Trinajstić information content (AvgIpc) is 2.97. The Balaban J connectivity index is 1.70. The van der Waals surface area contributed by atoms with Crippen LogP contribution in [0.2, 0.25) is 0 Å². The van der Waals surface area contributed by atoms with Gasteiger partial charge in [0.25, 0.3) is 0 Å². The Morgan fingerprint density at radius 2 is 2.16 bits per heavy atom. The van der Waals surface area contributed by atoms with Crippen molar-refractivity contribution in [2.75, 3.05) is 0 Å². The second kappa shape index (κ2) is 4.37. The van der Waals surface area contributed by atoms with E-state index in [4.69, 9.17) is 4.99 Å². The van der Waals surface area contributed by atoms with Crippen LogP contribution in [0.1, 0.15) is 31.2 Å². The minimum atomic E-state index is -0.173. The molecule has 19 heavy (non-hydrogen) atoms. The van der Waals surface area contributed by atoms with E-state index in [9.17, 15) is 4.39 Å². The summed E-state index contributed by atoms with van der Waals surface area (Å²) in [7, 11) is 0. The highest BCUT2D eigenvalue weighted by molar-refractivity contribution is 8.16. The van der Waals surface area contributed by atoms with Gasteiger partial charge in [0.2, 0.25) is 0 Å². The van der Waals surface area contributed by atoms with Gasteiger partial charge in [-0.25, -0.2) is 4.39 Å². The molecule has 1 saturated carbocycles. The number of nitrogens with zero attached hydrogens (tertiary/aromatic N) is 2. The molecule has 3 aliphatic rings. The van der Waals surface area contributed by atoms with Gasteiger partial charge in [-0.15, -0.1) is 0 Å². The van der Waals surface area contributed by atoms with Crippen LogP contribution >= 0.6 is 11.8 Å². The van der Waals surface area contributed by atoms with E-state index < -0.39 is 0 Å². The van der Waals surface area contributed by atoms with Crippen molar-refractivity contribution < 1.29 is 4.39 Å². The second-order valence-electron chi connectivity index (χ2n) is 5.33. The number of fused-ring (bicyclic) bond motifs is 3. The van der Waals surface area contributed by atoms with Gasteiger partial charge < -0.3 is 4.90 Å². The molecule has 2 heterocycles. The molecule has 2 nitrogen and oxygen atoms in total. The Bertz CT molecular complexity index is 581. The third-order valence-electron chi connectivity index (χ3n) is 4.16. The quantitative estimate of drug-likeness (QED) is 0.773. The molecule has 0 spiro atoms. The maximum Gasteiger partial charge on any atom is 0.168 e. The first-order valence-corrected chi connectivity index (χ1v) is 7.71. The van der Waals surface area contributed by atoms with Gasteiger partial charge in [0, 0.05) is 11.0 Å². The Morgan fingerprint density at radius 1 is 1.26 bits per heavy atom. The lowest BCUT2D eigenvalue weighted by molar-refractivity contribution is 0.305. The van der Waals surface area contributed by atoms with E-state index in [0.29, 0.717) is 12.1 Å². The van der Waals surface area contributed by atoms with Gasteiger partial charge >= 0.3 is 0 Å². The number of rotatable bonds is 1. The standard InChI is InChI=1S/C15H15FN2S/c16-11-5-3-4-10(8-11)14-9-19-15-17-12-6-1-2-7-13(12)18(14)15/h3-5,8-9,12-13H,1-2,6-7H2/t12-,13+/m1/s1. The number of amidine groups is 1. The molecular formula is C15H15FN2S. The average molecular weight is 274 g/mol. The summed E-state index contributed by atoms with van der Waals surface area (Å²) in [6.07, 6.45) is 4.96. The molecule has 1 fully saturated rings. The molecule has 1 aliphatic carbocycles. The summed E-state index contributed by atoms with van der Waals surface area (Å²) in [5.74, 6) is -0.173. The minimum absolute atomic E-state index is 0.173. The van der Waals surface area contributed by atoms with Gasteiger partial charge in [-0.05, 0) is 25.0 Å². The lowest BCUT2D eigenvalue weighted by atomic mass is 9.90. The summed E-state index contributed by atoms with van der Waals surface area (Å²) in [6.45, 7) is 0. The minimum Gasteiger partial charge on any atom is -0.315 e. The monoisotopic (exact) mass is 274 g/mol. The maximum absolute atomic E-state index is 13.4. The first-order valence-electron chi connectivity index (χ1n) is 6.83.